The molecule has 0 aliphatic carbocycles. The first-order valence-electron chi connectivity index (χ1n) is 11.3. The van der Waals surface area contributed by atoms with E-state index in [1.54, 1.807) is 0 Å². The first-order valence-corrected chi connectivity index (χ1v) is 11.3. The lowest BCUT2D eigenvalue weighted by Crippen LogP contribution is -2.68. The zero-order chi connectivity index (χ0) is 26.2. The third-order valence-electron chi connectivity index (χ3n) is 6.42. The van der Waals surface area contributed by atoms with Gasteiger partial charge in [-0.1, -0.05) is 0 Å². The minimum Gasteiger partial charge on any atom is -0.394 e. The first-order chi connectivity index (χ1) is 16.4. The van der Waals surface area contributed by atoms with Crippen LogP contribution in [0.3, 0.4) is 0 Å². The summed E-state index contributed by atoms with van der Waals surface area (Å²) in [6.07, 6.45) is -20.6. The quantitative estimate of drug-likeness (QED) is 0.161. The highest BCUT2D eigenvalue weighted by Crippen LogP contribution is 2.32. The molecule has 0 aromatic rings. The van der Waals surface area contributed by atoms with Crippen LogP contribution in [0.15, 0.2) is 0 Å². The van der Waals surface area contributed by atoms with Crippen molar-refractivity contribution in [3.8, 4) is 0 Å². The SMILES string of the molecule is CC(=O)N[C@H]1[C@H](O[C@@H]2[C@@H](O)[C@H](C)O[C@@H](O)[C@@H]2O[C@@H]2O[C@@H](C)[C@H](O)[C@@H](O)[C@H]2O)O[C@H](CO)[C@@H](O)[C@@H]1O. The van der Waals surface area contributed by atoms with Gasteiger partial charge >= 0.3 is 0 Å². The number of nitrogens with one attached hydrogen (secondary N) is 1. The van der Waals surface area contributed by atoms with Gasteiger partial charge in [0.05, 0.1) is 18.8 Å². The molecule has 204 valence electrons. The molecule has 3 rings (SSSR count). The van der Waals surface area contributed by atoms with Crippen LogP contribution in [0.4, 0.5) is 0 Å². The highest BCUT2D eigenvalue weighted by molar-refractivity contribution is 5.73. The Labute approximate surface area is 200 Å². The predicted octanol–water partition coefficient (Wildman–Crippen LogP) is -5.37. The zero-order valence-corrected chi connectivity index (χ0v) is 19.4. The Bertz CT molecular complexity index is 715. The molecule has 0 aromatic heterocycles. The summed E-state index contributed by atoms with van der Waals surface area (Å²) in [6, 6.07) is -1.35. The third-order valence-corrected chi connectivity index (χ3v) is 6.42. The van der Waals surface area contributed by atoms with Crippen LogP contribution in [0.5, 0.6) is 0 Å². The molecule has 3 aliphatic heterocycles. The van der Waals surface area contributed by atoms with Gasteiger partial charge in [0.2, 0.25) is 5.91 Å². The lowest BCUT2D eigenvalue weighted by atomic mass is 9.95. The van der Waals surface area contributed by atoms with Crippen molar-refractivity contribution in [1.29, 1.82) is 0 Å². The van der Waals surface area contributed by atoms with Gasteiger partial charge in [0.1, 0.15) is 61.0 Å². The molecule has 0 aromatic carbocycles. The van der Waals surface area contributed by atoms with Crippen molar-refractivity contribution >= 4 is 5.91 Å². The zero-order valence-electron chi connectivity index (χ0n) is 19.4. The monoisotopic (exact) mass is 513 g/mol. The van der Waals surface area contributed by atoms with Gasteiger partial charge < -0.3 is 69.9 Å². The Morgan fingerprint density at radius 2 is 1.34 bits per heavy atom. The van der Waals surface area contributed by atoms with Crippen molar-refractivity contribution in [2.45, 2.75) is 113 Å². The summed E-state index contributed by atoms with van der Waals surface area (Å²) in [5, 5.41) is 84.1. The molecule has 3 saturated heterocycles. The average Bonchev–Trinajstić information content (AvgIpc) is 2.80. The normalized spacial score (nSPS) is 51.1. The molecule has 0 bridgehead atoms. The summed E-state index contributed by atoms with van der Waals surface area (Å²) < 4.78 is 27.6. The molecule has 15 nitrogen and oxygen atoms in total. The van der Waals surface area contributed by atoms with Crippen LogP contribution < -0.4 is 5.32 Å². The number of hydrogen-bond donors (Lipinski definition) is 9. The van der Waals surface area contributed by atoms with E-state index in [9.17, 15) is 45.6 Å². The summed E-state index contributed by atoms with van der Waals surface area (Å²) in [7, 11) is 0. The Balaban J connectivity index is 1.86. The van der Waals surface area contributed by atoms with E-state index in [1.165, 1.54) is 13.8 Å². The van der Waals surface area contributed by atoms with E-state index in [-0.39, 0.29) is 0 Å². The summed E-state index contributed by atoms with van der Waals surface area (Å²) >= 11 is 0. The second-order valence-corrected chi connectivity index (χ2v) is 9.04. The van der Waals surface area contributed by atoms with Gasteiger partial charge in [-0.3, -0.25) is 4.79 Å². The maximum Gasteiger partial charge on any atom is 0.217 e. The molecule has 3 aliphatic rings. The number of ether oxygens (including phenoxy) is 5. The number of amides is 1. The van der Waals surface area contributed by atoms with E-state index in [1.807, 2.05) is 0 Å². The fourth-order valence-electron chi connectivity index (χ4n) is 4.33. The van der Waals surface area contributed by atoms with Gasteiger partial charge in [0.15, 0.2) is 18.9 Å². The van der Waals surface area contributed by atoms with Crippen LogP contribution in [0.2, 0.25) is 0 Å². The van der Waals surface area contributed by atoms with Gasteiger partial charge in [0, 0.05) is 6.92 Å². The molecule has 0 unspecified atom stereocenters. The van der Waals surface area contributed by atoms with Crippen molar-refractivity contribution in [2.75, 3.05) is 6.61 Å². The van der Waals surface area contributed by atoms with Gasteiger partial charge in [-0.2, -0.15) is 0 Å². The molecule has 35 heavy (non-hydrogen) atoms. The van der Waals surface area contributed by atoms with Crippen molar-refractivity contribution < 1.29 is 69.3 Å². The molecule has 1 amide bonds. The van der Waals surface area contributed by atoms with Gasteiger partial charge in [-0.05, 0) is 13.8 Å². The van der Waals surface area contributed by atoms with Crippen molar-refractivity contribution in [3.05, 3.63) is 0 Å². The highest BCUT2D eigenvalue weighted by atomic mass is 16.8. The molecule has 9 N–H and O–H groups in total. The van der Waals surface area contributed by atoms with Crippen LogP contribution in [-0.2, 0) is 28.5 Å². The van der Waals surface area contributed by atoms with Gasteiger partial charge in [-0.25, -0.2) is 0 Å². The second kappa shape index (κ2) is 11.6. The van der Waals surface area contributed by atoms with Gasteiger partial charge in [0.25, 0.3) is 0 Å². The van der Waals surface area contributed by atoms with Crippen LogP contribution >= 0.6 is 0 Å². The molecular weight excluding hydrogens is 478 g/mol. The van der Waals surface area contributed by atoms with E-state index >= 15 is 0 Å². The van der Waals surface area contributed by atoms with Crippen molar-refractivity contribution in [2.24, 2.45) is 0 Å². The minimum atomic E-state index is -1.74. The molecule has 0 radical (unpaired) electrons. The lowest BCUT2D eigenvalue weighted by Gasteiger charge is -2.48. The van der Waals surface area contributed by atoms with Crippen LogP contribution in [0.25, 0.3) is 0 Å². The summed E-state index contributed by atoms with van der Waals surface area (Å²) in [4.78, 5) is 11.7. The van der Waals surface area contributed by atoms with E-state index < -0.39 is 105 Å². The number of aliphatic hydroxyl groups excluding tert-OH is 8. The Morgan fingerprint density at radius 3 is 1.94 bits per heavy atom. The number of carbonyl (C=O) groups is 1. The van der Waals surface area contributed by atoms with E-state index in [0.29, 0.717) is 0 Å². The molecular formula is C20H35NO14. The molecule has 3 fully saturated rings. The maximum absolute atomic E-state index is 11.7. The molecule has 15 heteroatoms. The highest BCUT2D eigenvalue weighted by Gasteiger charge is 2.53. The molecule has 3 heterocycles. The number of rotatable bonds is 6. The van der Waals surface area contributed by atoms with Crippen LogP contribution in [0, 0.1) is 0 Å². The lowest BCUT2D eigenvalue weighted by molar-refractivity contribution is -0.377. The number of carbonyl (C=O) groups excluding carboxylic acids is 1. The number of hydrogen-bond acceptors (Lipinski definition) is 14. The number of aliphatic hydroxyl groups is 8. The van der Waals surface area contributed by atoms with Crippen molar-refractivity contribution in [1.82, 2.24) is 5.32 Å². The molecule has 0 spiro atoms. The van der Waals surface area contributed by atoms with E-state index in [4.69, 9.17) is 23.7 Å². The third kappa shape index (κ3) is 5.93. The summed E-state index contributed by atoms with van der Waals surface area (Å²) in [5.74, 6) is -0.602. The van der Waals surface area contributed by atoms with Crippen molar-refractivity contribution in [3.63, 3.8) is 0 Å². The van der Waals surface area contributed by atoms with Gasteiger partial charge in [-0.15, -0.1) is 0 Å². The Kier molecular flexibility index (Phi) is 9.42. The summed E-state index contributed by atoms with van der Waals surface area (Å²) in [6.45, 7) is 3.29. The molecule has 0 saturated carbocycles. The van der Waals surface area contributed by atoms with E-state index in [0.717, 1.165) is 6.92 Å². The largest absolute Gasteiger partial charge is 0.394 e. The fraction of sp³-hybridized carbons (Fsp3) is 0.950. The topological polar surface area (TPSA) is 237 Å². The van der Waals surface area contributed by atoms with Crippen LogP contribution in [-0.4, -0.2) is 145 Å². The van der Waals surface area contributed by atoms with E-state index in [2.05, 4.69) is 5.32 Å². The Morgan fingerprint density at radius 1 is 0.743 bits per heavy atom. The standard InChI is InChI=1S/C20H35NO14/c1-5-10(24)14(28)15(29)20(32-5)35-17-16(11(25)6(2)31-18(17)30)34-19-9(21-7(3)23)13(27)12(26)8(4-22)33-19/h5-6,8-20,22,24-30H,4H2,1-3H3,(H,21,23)/t5-,6-,8+,9+,10-,11-,12+,13+,14+,15+,16+,17+,18+,19-,20-/m0/s1. The second-order valence-electron chi connectivity index (χ2n) is 9.04. The van der Waals surface area contributed by atoms with Crippen LogP contribution in [0.1, 0.15) is 20.8 Å². The minimum absolute atomic E-state index is 0.602. The maximum atomic E-state index is 11.7. The smallest absolute Gasteiger partial charge is 0.217 e. The molecule has 15 atom stereocenters. The predicted molar refractivity (Wildman–Crippen MR) is 110 cm³/mol. The first kappa shape index (κ1) is 28.5. The average molecular weight is 513 g/mol. The fourth-order valence-corrected chi connectivity index (χ4v) is 4.33. The Hall–Kier alpha value is -1.05. The summed E-state index contributed by atoms with van der Waals surface area (Å²) in [5.41, 5.74) is 0.